The Balaban J connectivity index is 2.09. The fourth-order valence-electron chi connectivity index (χ4n) is 5.38. The van der Waals surface area contributed by atoms with Gasteiger partial charge >= 0.3 is 5.97 Å². The van der Waals surface area contributed by atoms with Crippen LogP contribution in [0.1, 0.15) is 65.0 Å². The highest BCUT2D eigenvalue weighted by Crippen LogP contribution is 2.49. The Hall–Kier alpha value is -2.02. The number of rotatable bonds is 4. The number of esters is 1. The predicted molar refractivity (Wildman–Crippen MR) is 114 cm³/mol. The van der Waals surface area contributed by atoms with Gasteiger partial charge in [-0.15, -0.1) is 0 Å². The van der Waals surface area contributed by atoms with Crippen LogP contribution in [0, 0.1) is 17.3 Å². The quantitative estimate of drug-likeness (QED) is 0.714. The summed E-state index contributed by atoms with van der Waals surface area (Å²) in [6.45, 7) is 7.82. The molecule has 0 unspecified atom stereocenters. The lowest BCUT2D eigenvalue weighted by Crippen LogP contribution is -2.50. The van der Waals surface area contributed by atoms with Gasteiger partial charge in [0.15, 0.2) is 0 Å². The fourth-order valence-corrected chi connectivity index (χ4v) is 5.38. The minimum absolute atomic E-state index is 0.168. The van der Waals surface area contributed by atoms with Crippen LogP contribution in [0.5, 0.6) is 0 Å². The standard InChI is InChI=1S/C24H34F2N2O3/c1-5-31-22(30)20-17(23(2,3)4)18(27)19(15-10-7-6-8-11-15)28(20)21(29)16-12-9-13-24(25,26)14-16/h6-8,10-11,16-20H,5,9,12-14,27H2,1-4H3/t16-,17+,18+,19+,20+/m1/s1. The number of likely N-dealkylation sites (tertiary alicyclic amines) is 1. The van der Waals surface area contributed by atoms with Crippen molar-refractivity contribution in [1.29, 1.82) is 0 Å². The van der Waals surface area contributed by atoms with Crippen molar-refractivity contribution in [3.63, 3.8) is 0 Å². The van der Waals surface area contributed by atoms with Crippen LogP contribution in [-0.4, -0.2) is 41.4 Å². The summed E-state index contributed by atoms with van der Waals surface area (Å²) >= 11 is 0. The molecule has 1 aromatic carbocycles. The molecule has 0 aromatic heterocycles. The number of nitrogens with two attached hydrogens (primary N) is 1. The van der Waals surface area contributed by atoms with Crippen LogP contribution in [0.3, 0.4) is 0 Å². The molecule has 1 aliphatic heterocycles. The monoisotopic (exact) mass is 436 g/mol. The number of halogens is 2. The van der Waals surface area contributed by atoms with Crippen LogP contribution in [0.2, 0.25) is 0 Å². The molecule has 31 heavy (non-hydrogen) atoms. The zero-order valence-electron chi connectivity index (χ0n) is 18.8. The van der Waals surface area contributed by atoms with E-state index in [0.717, 1.165) is 5.56 Å². The number of benzene rings is 1. The van der Waals surface area contributed by atoms with Crippen molar-refractivity contribution in [2.75, 3.05) is 6.61 Å². The Morgan fingerprint density at radius 3 is 2.42 bits per heavy atom. The summed E-state index contributed by atoms with van der Waals surface area (Å²) in [6.07, 6.45) is -0.0252. The summed E-state index contributed by atoms with van der Waals surface area (Å²) in [7, 11) is 0. The van der Waals surface area contributed by atoms with Gasteiger partial charge in [0, 0.05) is 30.7 Å². The third-order valence-corrected chi connectivity index (χ3v) is 6.63. The van der Waals surface area contributed by atoms with Gasteiger partial charge in [-0.05, 0) is 30.7 Å². The largest absolute Gasteiger partial charge is 0.464 e. The molecule has 1 saturated carbocycles. The van der Waals surface area contributed by atoms with Crippen molar-refractivity contribution in [3.05, 3.63) is 35.9 Å². The molecule has 1 aliphatic carbocycles. The smallest absolute Gasteiger partial charge is 0.329 e. The highest BCUT2D eigenvalue weighted by atomic mass is 19.3. The van der Waals surface area contributed by atoms with E-state index in [1.54, 1.807) is 6.92 Å². The summed E-state index contributed by atoms with van der Waals surface area (Å²) in [5, 5.41) is 0. The van der Waals surface area contributed by atoms with Crippen LogP contribution in [0.4, 0.5) is 8.78 Å². The van der Waals surface area contributed by atoms with Gasteiger partial charge < -0.3 is 15.4 Å². The third-order valence-electron chi connectivity index (χ3n) is 6.63. The first-order chi connectivity index (χ1) is 14.5. The highest BCUT2D eigenvalue weighted by molar-refractivity contribution is 5.88. The van der Waals surface area contributed by atoms with Crippen LogP contribution in [0.25, 0.3) is 0 Å². The van der Waals surface area contributed by atoms with Gasteiger partial charge in [0.05, 0.1) is 12.6 Å². The number of alkyl halides is 2. The third kappa shape index (κ3) is 4.76. The van der Waals surface area contributed by atoms with E-state index in [1.165, 1.54) is 4.90 Å². The van der Waals surface area contributed by atoms with E-state index in [0.29, 0.717) is 6.42 Å². The Bertz CT molecular complexity index is 794. The lowest BCUT2D eigenvalue weighted by molar-refractivity contribution is -0.160. The number of ether oxygens (including phenoxy) is 1. The number of carbonyl (C=O) groups is 2. The van der Waals surface area contributed by atoms with E-state index >= 15 is 0 Å². The van der Waals surface area contributed by atoms with Crippen molar-refractivity contribution >= 4 is 11.9 Å². The maximum absolute atomic E-state index is 14.2. The number of carbonyl (C=O) groups excluding carboxylic acids is 2. The summed E-state index contributed by atoms with van der Waals surface area (Å²) in [5.41, 5.74) is 7.12. The molecule has 0 spiro atoms. The number of nitrogens with zero attached hydrogens (tertiary/aromatic N) is 1. The van der Waals surface area contributed by atoms with Gasteiger partial charge in [-0.2, -0.15) is 0 Å². The van der Waals surface area contributed by atoms with Crippen LogP contribution < -0.4 is 5.73 Å². The van der Waals surface area contributed by atoms with Crippen molar-refractivity contribution in [1.82, 2.24) is 4.90 Å². The molecular formula is C24H34F2N2O3. The van der Waals surface area contributed by atoms with Crippen molar-refractivity contribution in [3.8, 4) is 0 Å². The first-order valence-corrected chi connectivity index (χ1v) is 11.1. The molecule has 7 heteroatoms. The average molecular weight is 437 g/mol. The minimum atomic E-state index is -2.87. The van der Waals surface area contributed by atoms with Crippen molar-refractivity contribution < 1.29 is 23.1 Å². The van der Waals surface area contributed by atoms with Gasteiger partial charge in [0.25, 0.3) is 0 Å². The maximum atomic E-state index is 14.2. The van der Waals surface area contributed by atoms with Crippen molar-refractivity contribution in [2.24, 2.45) is 23.0 Å². The first kappa shape index (κ1) is 23.6. The lowest BCUT2D eigenvalue weighted by atomic mass is 9.73. The van der Waals surface area contributed by atoms with E-state index in [9.17, 15) is 18.4 Å². The summed E-state index contributed by atoms with van der Waals surface area (Å²) in [5.74, 6) is -5.03. The van der Waals surface area contributed by atoms with Crippen LogP contribution in [0.15, 0.2) is 30.3 Å². The Labute approximate surface area is 183 Å². The molecule has 172 valence electrons. The molecule has 1 saturated heterocycles. The maximum Gasteiger partial charge on any atom is 0.329 e. The van der Waals surface area contributed by atoms with E-state index in [4.69, 9.17) is 10.5 Å². The van der Waals surface area contributed by atoms with E-state index in [-0.39, 0.29) is 25.4 Å². The van der Waals surface area contributed by atoms with E-state index < -0.39 is 53.7 Å². The van der Waals surface area contributed by atoms with Crippen LogP contribution >= 0.6 is 0 Å². The normalized spacial score (nSPS) is 30.8. The summed E-state index contributed by atoms with van der Waals surface area (Å²) in [6, 6.07) is 7.27. The number of amides is 1. The summed E-state index contributed by atoms with van der Waals surface area (Å²) < 4.78 is 33.7. The Kier molecular flexibility index (Phi) is 6.75. The van der Waals surface area contributed by atoms with Crippen LogP contribution in [-0.2, 0) is 14.3 Å². The minimum Gasteiger partial charge on any atom is -0.464 e. The Morgan fingerprint density at radius 1 is 1.23 bits per heavy atom. The van der Waals surface area contributed by atoms with Gasteiger partial charge in [0.1, 0.15) is 6.04 Å². The molecule has 0 radical (unpaired) electrons. The highest BCUT2D eigenvalue weighted by Gasteiger charge is 2.58. The van der Waals surface area contributed by atoms with Gasteiger partial charge in [-0.3, -0.25) is 4.79 Å². The molecule has 5 atom stereocenters. The molecule has 5 nitrogen and oxygen atoms in total. The predicted octanol–water partition coefficient (Wildman–Crippen LogP) is 4.32. The van der Waals surface area contributed by atoms with Crippen molar-refractivity contribution in [2.45, 2.75) is 77.4 Å². The molecule has 1 amide bonds. The lowest BCUT2D eigenvalue weighted by Gasteiger charge is -2.37. The molecule has 3 rings (SSSR count). The molecule has 2 fully saturated rings. The van der Waals surface area contributed by atoms with E-state index in [2.05, 4.69) is 0 Å². The second-order valence-electron chi connectivity index (χ2n) is 9.92. The second-order valence-corrected chi connectivity index (χ2v) is 9.92. The molecule has 2 N–H and O–H groups in total. The van der Waals surface area contributed by atoms with Gasteiger partial charge in [-0.1, -0.05) is 51.1 Å². The topological polar surface area (TPSA) is 72.6 Å². The zero-order chi connectivity index (χ0) is 23.0. The first-order valence-electron chi connectivity index (χ1n) is 11.1. The number of hydrogen-bond donors (Lipinski definition) is 1. The fraction of sp³-hybridized carbons (Fsp3) is 0.667. The molecule has 0 bridgehead atoms. The second kappa shape index (κ2) is 8.85. The van der Waals surface area contributed by atoms with Gasteiger partial charge in [0.2, 0.25) is 11.8 Å². The average Bonchev–Trinajstić information content (AvgIpc) is 3.00. The zero-order valence-corrected chi connectivity index (χ0v) is 18.8. The number of hydrogen-bond acceptors (Lipinski definition) is 4. The Morgan fingerprint density at radius 2 is 1.87 bits per heavy atom. The summed E-state index contributed by atoms with van der Waals surface area (Å²) in [4.78, 5) is 28.4. The SMILES string of the molecule is CCOC(=O)[C@@H]1[C@@H](C(C)(C)C)[C@H](N)[C@H](c2ccccc2)N1C(=O)[C@@H]1CCCC(F)(F)C1. The molecule has 2 aliphatic rings. The van der Waals surface area contributed by atoms with Gasteiger partial charge in [-0.25, -0.2) is 13.6 Å². The molecule has 1 aromatic rings. The molecular weight excluding hydrogens is 402 g/mol. The molecule has 1 heterocycles. The van der Waals surface area contributed by atoms with E-state index in [1.807, 2.05) is 51.1 Å².